The zero-order valence-corrected chi connectivity index (χ0v) is 4.11. The first-order valence-electron chi connectivity index (χ1n) is 1.81. The van der Waals surface area contributed by atoms with Gasteiger partial charge in [-0.25, -0.2) is 5.84 Å². The standard InChI is InChI=1S/C3H7N3O2/c4-3(8)1-6(5)2-7/h1-2,8H,4-5H2/b3-1+. The number of hydrazine groups is 1. The highest BCUT2D eigenvalue weighted by Crippen LogP contribution is 1.74. The number of hydrogen-bond donors (Lipinski definition) is 3. The lowest BCUT2D eigenvalue weighted by Gasteiger charge is -1.99. The van der Waals surface area contributed by atoms with E-state index in [4.69, 9.17) is 16.7 Å². The van der Waals surface area contributed by atoms with E-state index in [9.17, 15) is 4.79 Å². The number of rotatable bonds is 2. The van der Waals surface area contributed by atoms with E-state index in [0.29, 0.717) is 11.4 Å². The highest BCUT2D eigenvalue weighted by atomic mass is 16.3. The van der Waals surface area contributed by atoms with Gasteiger partial charge in [-0.15, -0.1) is 0 Å². The van der Waals surface area contributed by atoms with Crippen molar-refractivity contribution in [3.05, 3.63) is 12.1 Å². The molecule has 0 aromatic heterocycles. The van der Waals surface area contributed by atoms with Crippen molar-refractivity contribution in [3.63, 3.8) is 0 Å². The highest BCUT2D eigenvalue weighted by molar-refractivity contribution is 5.47. The largest absolute Gasteiger partial charge is 0.494 e. The number of carbonyl (C=O) groups is 1. The number of aliphatic hydroxyl groups is 1. The van der Waals surface area contributed by atoms with E-state index in [0.717, 1.165) is 6.20 Å². The van der Waals surface area contributed by atoms with Gasteiger partial charge in [-0.3, -0.25) is 9.80 Å². The third-order valence-corrected chi connectivity index (χ3v) is 0.403. The van der Waals surface area contributed by atoms with Gasteiger partial charge in [0, 0.05) is 0 Å². The smallest absolute Gasteiger partial charge is 0.227 e. The number of hydrogen-bond acceptors (Lipinski definition) is 4. The molecule has 0 heterocycles. The van der Waals surface area contributed by atoms with Crippen LogP contribution in [0.15, 0.2) is 12.1 Å². The van der Waals surface area contributed by atoms with Crippen molar-refractivity contribution in [2.24, 2.45) is 11.6 Å². The maximum absolute atomic E-state index is 9.63. The van der Waals surface area contributed by atoms with E-state index in [1.807, 2.05) is 0 Å². The Morgan fingerprint density at radius 3 is 2.38 bits per heavy atom. The highest BCUT2D eigenvalue weighted by Gasteiger charge is 1.85. The average molecular weight is 117 g/mol. The molecule has 0 unspecified atom stereocenters. The Bertz CT molecular complexity index is 107. The van der Waals surface area contributed by atoms with Gasteiger partial charge in [-0.1, -0.05) is 0 Å². The molecule has 8 heavy (non-hydrogen) atoms. The van der Waals surface area contributed by atoms with Crippen LogP contribution in [0.3, 0.4) is 0 Å². The van der Waals surface area contributed by atoms with Gasteiger partial charge in [0.15, 0.2) is 5.88 Å². The molecule has 0 aliphatic carbocycles. The average Bonchev–Trinajstić information content (AvgIpc) is 1.65. The first-order chi connectivity index (χ1) is 3.66. The normalized spacial score (nSPS) is 10.9. The fourth-order valence-corrected chi connectivity index (χ4v) is 0.183. The summed E-state index contributed by atoms with van der Waals surface area (Å²) in [6.07, 6.45) is 1.19. The molecule has 5 N–H and O–H groups in total. The molecule has 0 bridgehead atoms. The summed E-state index contributed by atoms with van der Waals surface area (Å²) in [7, 11) is 0. The first kappa shape index (κ1) is 6.77. The van der Waals surface area contributed by atoms with E-state index < -0.39 is 5.88 Å². The Hall–Kier alpha value is -1.23. The molecule has 0 fully saturated rings. The minimum atomic E-state index is -0.500. The number of nitrogens with zero attached hydrogens (tertiary/aromatic N) is 1. The van der Waals surface area contributed by atoms with Gasteiger partial charge in [0.1, 0.15) is 0 Å². The Kier molecular flexibility index (Phi) is 2.42. The third-order valence-electron chi connectivity index (χ3n) is 0.403. The molecule has 5 nitrogen and oxygen atoms in total. The van der Waals surface area contributed by atoms with Crippen molar-refractivity contribution in [2.75, 3.05) is 0 Å². The molecular weight excluding hydrogens is 110 g/mol. The second-order valence-electron chi connectivity index (χ2n) is 1.11. The van der Waals surface area contributed by atoms with Crippen molar-refractivity contribution in [1.29, 1.82) is 0 Å². The lowest BCUT2D eigenvalue weighted by molar-refractivity contribution is -0.116. The van der Waals surface area contributed by atoms with Gasteiger partial charge < -0.3 is 10.8 Å². The topological polar surface area (TPSA) is 92.6 Å². The molecular formula is C3H7N3O2. The lowest BCUT2D eigenvalue weighted by atomic mass is 10.8. The second kappa shape index (κ2) is 2.86. The summed E-state index contributed by atoms with van der Waals surface area (Å²) in [5.41, 5.74) is 4.70. The molecule has 0 saturated heterocycles. The summed E-state index contributed by atoms with van der Waals surface area (Å²) in [6, 6.07) is 0. The third kappa shape index (κ3) is 2.98. The monoisotopic (exact) mass is 117 g/mol. The Morgan fingerprint density at radius 1 is 1.75 bits per heavy atom. The minimum Gasteiger partial charge on any atom is -0.494 e. The van der Waals surface area contributed by atoms with Gasteiger partial charge in [-0.05, 0) is 0 Å². The molecule has 0 radical (unpaired) electrons. The quantitative estimate of drug-likeness (QED) is 0.137. The lowest BCUT2D eigenvalue weighted by Crippen LogP contribution is -2.24. The maximum atomic E-state index is 9.63. The van der Waals surface area contributed by atoms with E-state index in [2.05, 4.69) is 0 Å². The Balaban J connectivity index is 3.68. The van der Waals surface area contributed by atoms with E-state index in [-0.39, 0.29) is 0 Å². The molecule has 0 aliphatic rings. The van der Waals surface area contributed by atoms with Crippen molar-refractivity contribution in [3.8, 4) is 0 Å². The van der Waals surface area contributed by atoms with Crippen LogP contribution < -0.4 is 11.6 Å². The van der Waals surface area contributed by atoms with E-state index >= 15 is 0 Å². The fourth-order valence-electron chi connectivity index (χ4n) is 0.183. The van der Waals surface area contributed by atoms with Crippen molar-refractivity contribution in [1.82, 2.24) is 5.01 Å². The first-order valence-corrected chi connectivity index (χ1v) is 1.81. The Labute approximate surface area is 46.1 Å². The molecule has 0 spiro atoms. The van der Waals surface area contributed by atoms with Gasteiger partial charge in [0.2, 0.25) is 6.41 Å². The Morgan fingerprint density at radius 2 is 2.25 bits per heavy atom. The molecule has 0 aromatic carbocycles. The fraction of sp³-hybridized carbons (Fsp3) is 0. The van der Waals surface area contributed by atoms with E-state index in [1.165, 1.54) is 0 Å². The summed E-state index contributed by atoms with van der Waals surface area (Å²) in [6.45, 7) is 0. The van der Waals surface area contributed by atoms with Crippen LogP contribution in [0.4, 0.5) is 0 Å². The van der Waals surface area contributed by atoms with Crippen molar-refractivity contribution < 1.29 is 9.90 Å². The van der Waals surface area contributed by atoms with Crippen LogP contribution in [0.5, 0.6) is 0 Å². The molecule has 0 atom stereocenters. The zero-order chi connectivity index (χ0) is 6.57. The maximum Gasteiger partial charge on any atom is 0.227 e. The summed E-state index contributed by atoms with van der Waals surface area (Å²) in [5.74, 6) is 4.32. The summed E-state index contributed by atoms with van der Waals surface area (Å²) >= 11 is 0. The molecule has 0 aromatic rings. The molecule has 5 heteroatoms. The van der Waals surface area contributed by atoms with Crippen molar-refractivity contribution >= 4 is 6.41 Å². The predicted molar refractivity (Wildman–Crippen MR) is 27.0 cm³/mol. The van der Waals surface area contributed by atoms with E-state index in [1.54, 1.807) is 0 Å². The number of aliphatic hydroxyl groups excluding tert-OH is 1. The molecule has 0 saturated carbocycles. The van der Waals surface area contributed by atoms with Gasteiger partial charge in [-0.2, -0.15) is 0 Å². The summed E-state index contributed by atoms with van der Waals surface area (Å²) < 4.78 is 0. The van der Waals surface area contributed by atoms with Crippen LogP contribution in [-0.2, 0) is 4.79 Å². The summed E-state index contributed by atoms with van der Waals surface area (Å²) in [5, 5.41) is 8.82. The van der Waals surface area contributed by atoms with Crippen LogP contribution in [0.1, 0.15) is 0 Å². The van der Waals surface area contributed by atoms with Crippen LogP contribution >= 0.6 is 0 Å². The summed E-state index contributed by atoms with van der Waals surface area (Å²) in [4.78, 5) is 9.63. The second-order valence-corrected chi connectivity index (χ2v) is 1.11. The van der Waals surface area contributed by atoms with Gasteiger partial charge in [0.05, 0.1) is 6.20 Å². The number of nitrogens with two attached hydrogens (primary N) is 2. The van der Waals surface area contributed by atoms with Crippen LogP contribution in [0.2, 0.25) is 0 Å². The minimum absolute atomic E-state index is 0.309. The van der Waals surface area contributed by atoms with Crippen LogP contribution in [0, 0.1) is 0 Å². The molecule has 1 amide bonds. The number of carbonyl (C=O) groups excluding carboxylic acids is 1. The van der Waals surface area contributed by atoms with Crippen LogP contribution in [-0.4, -0.2) is 16.5 Å². The van der Waals surface area contributed by atoms with Crippen molar-refractivity contribution in [2.45, 2.75) is 0 Å². The SMILES string of the molecule is N/C(O)=C\N(N)C=O. The molecule has 46 valence electrons. The predicted octanol–water partition coefficient (Wildman–Crippen LogP) is -1.37. The van der Waals surface area contributed by atoms with Gasteiger partial charge in [0.25, 0.3) is 0 Å². The zero-order valence-electron chi connectivity index (χ0n) is 4.11. The molecule has 0 aliphatic heterocycles. The van der Waals surface area contributed by atoms with Gasteiger partial charge >= 0.3 is 0 Å². The molecule has 0 rings (SSSR count). The number of amides is 1. The van der Waals surface area contributed by atoms with Crippen LogP contribution in [0.25, 0.3) is 0 Å².